The fourth-order valence-corrected chi connectivity index (χ4v) is 3.10. The summed E-state index contributed by atoms with van der Waals surface area (Å²) < 4.78 is 5.36. The third kappa shape index (κ3) is 4.04. The van der Waals surface area contributed by atoms with Crippen LogP contribution in [0.4, 0.5) is 11.4 Å². The van der Waals surface area contributed by atoms with E-state index in [0.29, 0.717) is 22.0 Å². The largest absolute Gasteiger partial charge is 0.469 e. The Morgan fingerprint density at radius 1 is 0.926 bits per heavy atom. The zero-order valence-electron chi connectivity index (χ0n) is 14.3. The summed E-state index contributed by atoms with van der Waals surface area (Å²) in [5, 5.41) is 6.30. The second-order valence-electron chi connectivity index (χ2n) is 6.49. The standard InChI is InChI=1S/C21H17ClN2O3/c22-14-5-3-13(4-6-14)20(25)23-15-7-9-16(10-8-15)24-21(26)18-12-17(18)19-2-1-11-27-19/h1-11,17-18H,12H2,(H,23,25)(H,24,26). The lowest BCUT2D eigenvalue weighted by Gasteiger charge is -2.08. The van der Waals surface area contributed by atoms with E-state index in [1.54, 1.807) is 54.8 Å². The summed E-state index contributed by atoms with van der Waals surface area (Å²) in [5.41, 5.74) is 1.86. The first-order valence-corrected chi connectivity index (χ1v) is 8.99. The second-order valence-corrected chi connectivity index (χ2v) is 6.93. The molecule has 4 rings (SSSR count). The average Bonchev–Trinajstić information content (AvgIpc) is 3.29. The molecule has 1 aliphatic carbocycles. The Balaban J connectivity index is 1.33. The number of furan rings is 1. The minimum atomic E-state index is -0.220. The Bertz CT molecular complexity index is 950. The molecule has 1 aliphatic rings. The van der Waals surface area contributed by atoms with Crippen LogP contribution in [0.1, 0.15) is 28.5 Å². The van der Waals surface area contributed by atoms with Crippen molar-refractivity contribution in [2.75, 3.05) is 10.6 Å². The maximum absolute atomic E-state index is 12.3. The molecule has 1 fully saturated rings. The molecule has 0 aliphatic heterocycles. The zero-order chi connectivity index (χ0) is 18.8. The lowest BCUT2D eigenvalue weighted by molar-refractivity contribution is -0.117. The van der Waals surface area contributed by atoms with E-state index in [2.05, 4.69) is 10.6 Å². The first-order chi connectivity index (χ1) is 13.1. The number of benzene rings is 2. The van der Waals surface area contributed by atoms with Crippen LogP contribution in [0.15, 0.2) is 71.3 Å². The van der Waals surface area contributed by atoms with Crippen molar-refractivity contribution in [3.05, 3.63) is 83.3 Å². The van der Waals surface area contributed by atoms with Crippen LogP contribution in [0, 0.1) is 5.92 Å². The summed E-state index contributed by atoms with van der Waals surface area (Å²) in [5.74, 6) is 0.728. The fourth-order valence-electron chi connectivity index (χ4n) is 2.98. The lowest BCUT2D eigenvalue weighted by atomic mass is 10.2. The number of nitrogens with one attached hydrogen (secondary N) is 2. The van der Waals surface area contributed by atoms with Gasteiger partial charge < -0.3 is 15.1 Å². The van der Waals surface area contributed by atoms with E-state index in [-0.39, 0.29) is 23.7 Å². The molecule has 6 heteroatoms. The number of amides is 2. The minimum absolute atomic E-state index is 0.0191. The van der Waals surface area contributed by atoms with E-state index in [0.717, 1.165) is 12.2 Å². The van der Waals surface area contributed by atoms with E-state index in [9.17, 15) is 9.59 Å². The molecular weight excluding hydrogens is 364 g/mol. The van der Waals surface area contributed by atoms with Crippen molar-refractivity contribution in [3.8, 4) is 0 Å². The van der Waals surface area contributed by atoms with E-state index < -0.39 is 0 Å². The van der Waals surface area contributed by atoms with Crippen LogP contribution in [0.5, 0.6) is 0 Å². The number of carbonyl (C=O) groups is 2. The highest BCUT2D eigenvalue weighted by Gasteiger charge is 2.45. The van der Waals surface area contributed by atoms with Crippen LogP contribution in [-0.4, -0.2) is 11.8 Å². The average molecular weight is 381 g/mol. The van der Waals surface area contributed by atoms with E-state index in [1.807, 2.05) is 12.1 Å². The molecule has 2 unspecified atom stereocenters. The number of hydrogen-bond donors (Lipinski definition) is 2. The summed E-state index contributed by atoms with van der Waals surface area (Å²) in [6, 6.07) is 17.4. The molecule has 0 bridgehead atoms. The third-order valence-electron chi connectivity index (χ3n) is 4.55. The number of anilines is 2. The van der Waals surface area contributed by atoms with E-state index >= 15 is 0 Å². The van der Waals surface area contributed by atoms with Gasteiger partial charge in [-0.25, -0.2) is 0 Å². The maximum atomic E-state index is 12.3. The molecule has 5 nitrogen and oxygen atoms in total. The third-order valence-corrected chi connectivity index (χ3v) is 4.80. The molecule has 0 spiro atoms. The molecule has 1 saturated carbocycles. The van der Waals surface area contributed by atoms with Crippen LogP contribution >= 0.6 is 11.6 Å². The normalized spacial score (nSPS) is 18.0. The molecule has 0 saturated heterocycles. The van der Waals surface area contributed by atoms with Gasteiger partial charge in [-0.3, -0.25) is 9.59 Å². The lowest BCUT2D eigenvalue weighted by Crippen LogP contribution is -2.15. The van der Waals surface area contributed by atoms with Gasteiger partial charge in [0.05, 0.1) is 6.26 Å². The quantitative estimate of drug-likeness (QED) is 0.659. The van der Waals surface area contributed by atoms with Crippen molar-refractivity contribution in [2.24, 2.45) is 5.92 Å². The Morgan fingerprint density at radius 3 is 2.22 bits per heavy atom. The number of rotatable bonds is 5. The summed E-state index contributed by atoms with van der Waals surface area (Å²) in [7, 11) is 0. The van der Waals surface area contributed by atoms with Gasteiger partial charge in [0, 0.05) is 33.8 Å². The highest BCUT2D eigenvalue weighted by molar-refractivity contribution is 6.30. The van der Waals surface area contributed by atoms with Crippen molar-refractivity contribution in [1.82, 2.24) is 0 Å². The smallest absolute Gasteiger partial charge is 0.255 e. The molecular formula is C21H17ClN2O3. The highest BCUT2D eigenvalue weighted by Crippen LogP contribution is 2.48. The van der Waals surface area contributed by atoms with E-state index in [4.69, 9.17) is 16.0 Å². The number of carbonyl (C=O) groups excluding carboxylic acids is 2. The molecule has 2 atom stereocenters. The van der Waals surface area contributed by atoms with Gasteiger partial charge in [-0.05, 0) is 67.1 Å². The highest BCUT2D eigenvalue weighted by atomic mass is 35.5. The van der Waals surface area contributed by atoms with Gasteiger partial charge in [-0.2, -0.15) is 0 Å². The van der Waals surface area contributed by atoms with Crippen molar-refractivity contribution in [2.45, 2.75) is 12.3 Å². The first kappa shape index (κ1) is 17.4. The van der Waals surface area contributed by atoms with Crippen LogP contribution in [0.25, 0.3) is 0 Å². The molecule has 136 valence electrons. The van der Waals surface area contributed by atoms with Crippen molar-refractivity contribution < 1.29 is 14.0 Å². The van der Waals surface area contributed by atoms with Gasteiger partial charge in [0.1, 0.15) is 5.76 Å². The molecule has 0 radical (unpaired) electrons. The predicted octanol–water partition coefficient (Wildman–Crippen LogP) is 4.93. The van der Waals surface area contributed by atoms with Gasteiger partial charge in [0.2, 0.25) is 5.91 Å². The molecule has 2 N–H and O–H groups in total. The van der Waals surface area contributed by atoms with Crippen molar-refractivity contribution in [3.63, 3.8) is 0 Å². The zero-order valence-corrected chi connectivity index (χ0v) is 15.1. The molecule has 2 aromatic carbocycles. The van der Waals surface area contributed by atoms with Gasteiger partial charge >= 0.3 is 0 Å². The summed E-state index contributed by atoms with van der Waals surface area (Å²) in [6.45, 7) is 0. The topological polar surface area (TPSA) is 71.3 Å². The molecule has 27 heavy (non-hydrogen) atoms. The predicted molar refractivity (Wildman–Crippen MR) is 104 cm³/mol. The Kier molecular flexibility index (Phi) is 4.69. The van der Waals surface area contributed by atoms with Gasteiger partial charge in [0.25, 0.3) is 5.91 Å². The van der Waals surface area contributed by atoms with Crippen molar-refractivity contribution in [1.29, 1.82) is 0 Å². The van der Waals surface area contributed by atoms with Crippen molar-refractivity contribution >= 4 is 34.8 Å². The fraction of sp³-hybridized carbons (Fsp3) is 0.143. The number of hydrogen-bond acceptors (Lipinski definition) is 3. The first-order valence-electron chi connectivity index (χ1n) is 8.61. The molecule has 1 heterocycles. The molecule has 3 aromatic rings. The summed E-state index contributed by atoms with van der Waals surface area (Å²) in [4.78, 5) is 24.5. The summed E-state index contributed by atoms with van der Waals surface area (Å²) >= 11 is 5.83. The molecule has 1 aromatic heterocycles. The second kappa shape index (κ2) is 7.29. The maximum Gasteiger partial charge on any atom is 0.255 e. The minimum Gasteiger partial charge on any atom is -0.469 e. The Labute approximate surface area is 161 Å². The SMILES string of the molecule is O=C(Nc1ccc(NC(=O)C2CC2c2ccco2)cc1)c1ccc(Cl)cc1. The van der Waals surface area contributed by atoms with E-state index in [1.165, 1.54) is 0 Å². The van der Waals surface area contributed by atoms with Gasteiger partial charge in [-0.15, -0.1) is 0 Å². The van der Waals surface area contributed by atoms with Crippen LogP contribution in [0.2, 0.25) is 5.02 Å². The van der Waals surface area contributed by atoms with Crippen LogP contribution < -0.4 is 10.6 Å². The molecule has 2 amide bonds. The Hall–Kier alpha value is -3.05. The summed E-state index contributed by atoms with van der Waals surface area (Å²) in [6.07, 6.45) is 2.42. The monoisotopic (exact) mass is 380 g/mol. The number of halogens is 1. The van der Waals surface area contributed by atoms with Crippen LogP contribution in [0.3, 0.4) is 0 Å². The Morgan fingerprint density at radius 2 is 1.59 bits per heavy atom. The van der Waals surface area contributed by atoms with Gasteiger partial charge in [-0.1, -0.05) is 11.6 Å². The van der Waals surface area contributed by atoms with Crippen LogP contribution in [-0.2, 0) is 4.79 Å². The van der Waals surface area contributed by atoms with Gasteiger partial charge in [0.15, 0.2) is 0 Å².